The molecule has 0 aliphatic carbocycles. The van der Waals surface area contributed by atoms with E-state index >= 15 is 0 Å². The molecule has 3 rings (SSSR count). The van der Waals surface area contributed by atoms with E-state index < -0.39 is 0 Å². The fourth-order valence-electron chi connectivity index (χ4n) is 2.75. The van der Waals surface area contributed by atoms with Crippen molar-refractivity contribution >= 4 is 0 Å². The number of nitrogens with zero attached hydrogens (tertiary/aromatic N) is 2. The second-order valence-corrected chi connectivity index (χ2v) is 5.76. The van der Waals surface area contributed by atoms with Crippen LogP contribution >= 0.6 is 0 Å². The molecule has 1 saturated heterocycles. The monoisotopic (exact) mass is 287 g/mol. The van der Waals surface area contributed by atoms with Gasteiger partial charge in [0.05, 0.1) is 12.6 Å². The molecule has 0 spiro atoms. The van der Waals surface area contributed by atoms with E-state index in [-0.39, 0.29) is 5.54 Å². The first-order chi connectivity index (χ1) is 10.2. The SMILES string of the molecule is COc1cccc(Cc2noc(C3(C)CCCCN3)n2)c1. The molecule has 5 heteroatoms. The third-order valence-electron chi connectivity index (χ3n) is 4.06. The van der Waals surface area contributed by atoms with Gasteiger partial charge in [-0.15, -0.1) is 0 Å². The van der Waals surface area contributed by atoms with Crippen LogP contribution in [-0.2, 0) is 12.0 Å². The molecule has 1 unspecified atom stereocenters. The Balaban J connectivity index is 1.75. The number of aromatic nitrogens is 2. The van der Waals surface area contributed by atoms with Crippen LogP contribution in [0.25, 0.3) is 0 Å². The summed E-state index contributed by atoms with van der Waals surface area (Å²) in [7, 11) is 1.67. The highest BCUT2D eigenvalue weighted by molar-refractivity contribution is 5.30. The lowest BCUT2D eigenvalue weighted by molar-refractivity contribution is 0.206. The summed E-state index contributed by atoms with van der Waals surface area (Å²) in [6, 6.07) is 7.94. The standard InChI is InChI=1S/C16H21N3O2/c1-16(8-3-4-9-17-16)15-18-14(19-21-15)11-12-6-5-7-13(10-12)20-2/h5-7,10,17H,3-4,8-9,11H2,1-2H3. The van der Waals surface area contributed by atoms with Crippen LogP contribution < -0.4 is 10.1 Å². The number of rotatable bonds is 4. The van der Waals surface area contributed by atoms with Gasteiger partial charge in [-0.25, -0.2) is 0 Å². The number of benzene rings is 1. The lowest BCUT2D eigenvalue weighted by Crippen LogP contribution is -2.43. The summed E-state index contributed by atoms with van der Waals surface area (Å²) < 4.78 is 10.7. The molecule has 0 bridgehead atoms. The molecule has 1 aromatic heterocycles. The van der Waals surface area contributed by atoms with E-state index in [4.69, 9.17) is 9.26 Å². The summed E-state index contributed by atoms with van der Waals surface area (Å²) in [5.41, 5.74) is 0.932. The Labute approximate surface area is 124 Å². The van der Waals surface area contributed by atoms with Crippen LogP contribution in [0.1, 0.15) is 43.5 Å². The smallest absolute Gasteiger partial charge is 0.246 e. The van der Waals surface area contributed by atoms with E-state index in [9.17, 15) is 0 Å². The molecular formula is C16H21N3O2. The van der Waals surface area contributed by atoms with Gasteiger partial charge in [-0.1, -0.05) is 17.3 Å². The quantitative estimate of drug-likeness (QED) is 0.936. The number of methoxy groups -OCH3 is 1. The van der Waals surface area contributed by atoms with Gasteiger partial charge in [-0.2, -0.15) is 4.98 Å². The van der Waals surface area contributed by atoms with Gasteiger partial charge in [-0.05, 0) is 50.4 Å². The molecule has 112 valence electrons. The highest BCUT2D eigenvalue weighted by atomic mass is 16.5. The Kier molecular flexibility index (Phi) is 3.92. The van der Waals surface area contributed by atoms with Crippen molar-refractivity contribution in [2.75, 3.05) is 13.7 Å². The third-order valence-corrected chi connectivity index (χ3v) is 4.06. The highest BCUT2D eigenvalue weighted by Gasteiger charge is 2.34. The highest BCUT2D eigenvalue weighted by Crippen LogP contribution is 2.28. The molecule has 2 aromatic rings. The molecule has 1 fully saturated rings. The summed E-state index contributed by atoms with van der Waals surface area (Å²) in [4.78, 5) is 4.58. The molecular weight excluding hydrogens is 266 g/mol. The minimum Gasteiger partial charge on any atom is -0.497 e. The van der Waals surface area contributed by atoms with Crippen molar-refractivity contribution in [2.24, 2.45) is 0 Å². The molecule has 1 aromatic carbocycles. The minimum atomic E-state index is -0.183. The largest absolute Gasteiger partial charge is 0.497 e. The number of nitrogens with one attached hydrogen (secondary N) is 1. The molecule has 21 heavy (non-hydrogen) atoms. The maximum absolute atomic E-state index is 5.48. The molecule has 1 aliphatic rings. The zero-order valence-electron chi connectivity index (χ0n) is 12.6. The molecule has 0 saturated carbocycles. The van der Waals surface area contributed by atoms with Gasteiger partial charge in [-0.3, -0.25) is 0 Å². The normalized spacial score (nSPS) is 22.2. The Bertz CT molecular complexity index is 603. The van der Waals surface area contributed by atoms with E-state index in [1.807, 2.05) is 24.3 Å². The van der Waals surface area contributed by atoms with Crippen LogP contribution in [0.15, 0.2) is 28.8 Å². The van der Waals surface area contributed by atoms with Crippen molar-refractivity contribution in [1.29, 1.82) is 0 Å². The van der Waals surface area contributed by atoms with Gasteiger partial charge in [0.1, 0.15) is 5.75 Å². The molecule has 1 N–H and O–H groups in total. The third kappa shape index (κ3) is 3.08. The molecule has 1 aliphatic heterocycles. The van der Waals surface area contributed by atoms with Crippen molar-refractivity contribution in [2.45, 2.75) is 38.1 Å². The average molecular weight is 287 g/mol. The van der Waals surface area contributed by atoms with Gasteiger partial charge in [0.15, 0.2) is 5.82 Å². The summed E-state index contributed by atoms with van der Waals surface area (Å²) in [5, 5.41) is 7.61. The van der Waals surface area contributed by atoms with Gasteiger partial charge in [0, 0.05) is 6.42 Å². The molecule has 0 radical (unpaired) electrons. The molecule has 5 nitrogen and oxygen atoms in total. The summed E-state index contributed by atoms with van der Waals surface area (Å²) in [5.74, 6) is 2.25. The first-order valence-corrected chi connectivity index (χ1v) is 7.41. The average Bonchev–Trinajstić information content (AvgIpc) is 2.97. The van der Waals surface area contributed by atoms with Crippen molar-refractivity contribution in [3.63, 3.8) is 0 Å². The van der Waals surface area contributed by atoms with Gasteiger partial charge in [0.25, 0.3) is 0 Å². The summed E-state index contributed by atoms with van der Waals surface area (Å²) in [6.07, 6.45) is 4.09. The van der Waals surface area contributed by atoms with Crippen LogP contribution in [-0.4, -0.2) is 23.8 Å². The molecule has 1 atom stereocenters. The van der Waals surface area contributed by atoms with Crippen LogP contribution in [0.5, 0.6) is 5.75 Å². The second kappa shape index (κ2) is 5.85. The summed E-state index contributed by atoms with van der Waals surface area (Å²) >= 11 is 0. The zero-order chi connectivity index (χ0) is 14.7. The van der Waals surface area contributed by atoms with Crippen LogP contribution in [0.3, 0.4) is 0 Å². The lowest BCUT2D eigenvalue weighted by Gasteiger charge is -2.31. The zero-order valence-corrected chi connectivity index (χ0v) is 12.6. The summed E-state index contributed by atoms with van der Waals surface area (Å²) in [6.45, 7) is 3.14. The van der Waals surface area contributed by atoms with Gasteiger partial charge in [0.2, 0.25) is 5.89 Å². The van der Waals surface area contributed by atoms with E-state index in [1.165, 1.54) is 12.8 Å². The molecule has 2 heterocycles. The van der Waals surface area contributed by atoms with Crippen LogP contribution in [0.2, 0.25) is 0 Å². The van der Waals surface area contributed by atoms with E-state index in [0.29, 0.717) is 18.1 Å². The van der Waals surface area contributed by atoms with E-state index in [1.54, 1.807) is 7.11 Å². The van der Waals surface area contributed by atoms with Crippen LogP contribution in [0.4, 0.5) is 0 Å². The number of piperidine rings is 1. The topological polar surface area (TPSA) is 60.2 Å². The number of hydrogen-bond acceptors (Lipinski definition) is 5. The van der Waals surface area contributed by atoms with Gasteiger partial charge >= 0.3 is 0 Å². The van der Waals surface area contributed by atoms with Crippen LogP contribution in [0, 0.1) is 0 Å². The van der Waals surface area contributed by atoms with E-state index in [2.05, 4.69) is 22.4 Å². The number of ether oxygens (including phenoxy) is 1. The van der Waals surface area contributed by atoms with Crippen molar-refractivity contribution in [3.05, 3.63) is 41.5 Å². The predicted octanol–water partition coefficient (Wildman–Crippen LogP) is 2.66. The van der Waals surface area contributed by atoms with E-state index in [0.717, 1.165) is 24.3 Å². The fourth-order valence-corrected chi connectivity index (χ4v) is 2.75. The first-order valence-electron chi connectivity index (χ1n) is 7.41. The Hall–Kier alpha value is -1.88. The minimum absolute atomic E-state index is 0.183. The fraction of sp³-hybridized carbons (Fsp3) is 0.500. The van der Waals surface area contributed by atoms with Crippen molar-refractivity contribution < 1.29 is 9.26 Å². The number of hydrogen-bond donors (Lipinski definition) is 1. The van der Waals surface area contributed by atoms with Crippen molar-refractivity contribution in [3.8, 4) is 5.75 Å². The van der Waals surface area contributed by atoms with Gasteiger partial charge < -0.3 is 14.6 Å². The predicted molar refractivity (Wildman–Crippen MR) is 79.3 cm³/mol. The lowest BCUT2D eigenvalue weighted by atomic mass is 9.91. The first kappa shape index (κ1) is 14.1. The maximum Gasteiger partial charge on any atom is 0.246 e. The molecule has 0 amide bonds. The van der Waals surface area contributed by atoms with Crippen molar-refractivity contribution in [1.82, 2.24) is 15.5 Å². The Morgan fingerprint density at radius 2 is 2.29 bits per heavy atom. The Morgan fingerprint density at radius 3 is 3.05 bits per heavy atom. The second-order valence-electron chi connectivity index (χ2n) is 5.76. The Morgan fingerprint density at radius 1 is 1.38 bits per heavy atom. The maximum atomic E-state index is 5.48.